The average Bonchev–Trinajstić information content (AvgIpc) is 0.759. The van der Waals surface area contributed by atoms with Gasteiger partial charge in [-0.05, 0) is 159 Å². The van der Waals surface area contributed by atoms with E-state index in [0.717, 1.165) is 60.5 Å². The number of ether oxygens (including phenoxy) is 6. The van der Waals surface area contributed by atoms with Gasteiger partial charge in [0.25, 0.3) is 0 Å². The SMILES string of the molecule is CN[C@H](CC(C)C)C(=O)C[C@H]1C(=O)N[C@@H](CC(N)=O)C(=O)C[C@H]2C(=O)N[C@H]3C(=O)C[C@H](C(=O)N[C@H](C(C)=O)c4cc(O)cc(O)c4-c4cc3ccc4O)[C@H](O)c3ccc(c(Cl)c3)Oc3cc2cc(c3O[C@@H]2O[C@H](CO)[C@@H](O)[C@H](O)[C@H]2O[C@H]2C[C@](C)(NC(=O)CCCCC(=O)N3Cc4ccccc4C#Cc4ccccc43)[C@H](O)[C@H](C)O2)Oc2ccc(cc2Cl)[C@H]1O. The van der Waals surface area contributed by atoms with Gasteiger partial charge in [-0.2, -0.15) is 0 Å². The molecule has 11 bridgehead atoms. The molecule has 0 aliphatic carbocycles. The number of fused-ring (bicyclic) bond motifs is 17. The maximum Gasteiger partial charge on any atom is 0.230 e. The molecule has 7 aromatic rings. The van der Waals surface area contributed by atoms with Crippen LogP contribution in [0.15, 0.2) is 127 Å². The second-order valence-corrected chi connectivity index (χ2v) is 33.7. The number of rotatable bonds is 20. The van der Waals surface area contributed by atoms with E-state index in [-0.39, 0.29) is 117 Å². The van der Waals surface area contributed by atoms with Gasteiger partial charge in [0.15, 0.2) is 47.0 Å². The Balaban J connectivity index is 0.919. The number of unbranched alkanes of at least 4 members (excludes halogenated alkanes) is 1. The highest BCUT2D eigenvalue weighted by Crippen LogP contribution is 2.51. The molecule has 0 unspecified atom stereocenters. The van der Waals surface area contributed by atoms with E-state index < -0.39 is 228 Å². The zero-order valence-electron chi connectivity index (χ0n) is 68.8. The summed E-state index contributed by atoms with van der Waals surface area (Å²) in [5, 5.41) is 120. The molecule has 15 rings (SSSR count). The lowest BCUT2D eigenvalue weighted by atomic mass is 9.83. The maximum atomic E-state index is 16.4. The Morgan fingerprint density at radius 3 is 2.00 bits per heavy atom. The Hall–Kier alpha value is -11.4. The second kappa shape index (κ2) is 38.6. The number of carbonyl (C=O) groups is 10. The summed E-state index contributed by atoms with van der Waals surface area (Å²) in [4.78, 5) is 150. The molecular formula is C91H97Cl2N7O25. The number of halogens is 2. The van der Waals surface area contributed by atoms with E-state index in [1.807, 2.05) is 62.4 Å². The molecule has 8 heterocycles. The average molecular weight is 1760 g/mol. The van der Waals surface area contributed by atoms with Crippen LogP contribution in [0.25, 0.3) is 11.1 Å². The fourth-order valence-corrected chi connectivity index (χ4v) is 17.2. The number of para-hydroxylation sites is 1. The zero-order chi connectivity index (χ0) is 89.9. The lowest BCUT2D eigenvalue weighted by molar-refractivity contribution is -0.334. The van der Waals surface area contributed by atoms with Gasteiger partial charge in [-0.15, -0.1) is 0 Å². The number of likely N-dealkylation sites (N-methyl/N-ethyl adjacent to an activating group) is 1. The van der Waals surface area contributed by atoms with Gasteiger partial charge in [0.05, 0.1) is 89.0 Å². The minimum Gasteiger partial charge on any atom is -0.508 e. The topological polar surface area (TPSA) is 498 Å². The van der Waals surface area contributed by atoms with E-state index in [0.29, 0.717) is 11.3 Å². The number of Topliss-reactive ketones (excluding diaryl/α,β-unsaturated/α-hetero) is 4. The van der Waals surface area contributed by atoms with Crippen LogP contribution in [0.3, 0.4) is 0 Å². The number of aliphatic hydroxyl groups excluding tert-OH is 6. The highest BCUT2D eigenvalue weighted by atomic mass is 35.5. The van der Waals surface area contributed by atoms with Gasteiger partial charge in [-0.3, -0.25) is 47.9 Å². The monoisotopic (exact) mass is 1760 g/mol. The van der Waals surface area contributed by atoms with E-state index in [4.69, 9.17) is 57.4 Å². The van der Waals surface area contributed by atoms with Gasteiger partial charge in [-0.25, -0.2) is 0 Å². The molecule has 34 heteroatoms. The molecule has 7 aromatic carbocycles. The van der Waals surface area contributed by atoms with Crippen LogP contribution in [0.1, 0.15) is 174 Å². The minimum atomic E-state index is -2.11. The number of phenols is 3. The van der Waals surface area contributed by atoms with Crippen LogP contribution in [-0.2, 0) is 68.7 Å². The van der Waals surface area contributed by atoms with Crippen molar-refractivity contribution in [2.75, 3.05) is 18.6 Å². The van der Waals surface area contributed by atoms with Crippen molar-refractivity contribution in [1.29, 1.82) is 0 Å². The molecular weight excluding hydrogens is 1660 g/mol. The summed E-state index contributed by atoms with van der Waals surface area (Å²) in [5.74, 6) is -13.1. The Morgan fingerprint density at radius 1 is 0.696 bits per heavy atom. The first kappa shape index (κ1) is 91.3. The number of phenolic OH excluding ortho intramolecular Hbond substituents is 3. The number of aliphatic hydroxyl groups is 6. The van der Waals surface area contributed by atoms with Crippen molar-refractivity contribution in [1.82, 2.24) is 26.6 Å². The van der Waals surface area contributed by atoms with E-state index in [1.54, 1.807) is 4.90 Å². The van der Waals surface area contributed by atoms with Crippen molar-refractivity contribution in [3.63, 3.8) is 0 Å². The van der Waals surface area contributed by atoms with Crippen molar-refractivity contribution < 1.29 is 122 Å². The van der Waals surface area contributed by atoms with Crippen molar-refractivity contribution in [3.8, 4) is 69.0 Å². The zero-order valence-corrected chi connectivity index (χ0v) is 70.4. The molecule has 0 saturated carbocycles. The molecule has 8 aliphatic rings. The molecule has 2 fully saturated rings. The number of ketones is 4. The van der Waals surface area contributed by atoms with E-state index >= 15 is 24.0 Å². The number of aromatic hydroxyl groups is 3. The smallest absolute Gasteiger partial charge is 0.230 e. The Morgan fingerprint density at radius 2 is 1.34 bits per heavy atom. The third kappa shape index (κ3) is 20.1. The summed E-state index contributed by atoms with van der Waals surface area (Å²) in [7, 11) is 1.53. The quantitative estimate of drug-likeness (QED) is 0.0262. The molecule has 8 aliphatic heterocycles. The van der Waals surface area contributed by atoms with Crippen molar-refractivity contribution >= 4 is 87.5 Å². The van der Waals surface area contributed by atoms with E-state index in [1.165, 1.54) is 57.3 Å². The molecule has 0 spiro atoms. The van der Waals surface area contributed by atoms with Crippen LogP contribution in [-0.4, -0.2) is 185 Å². The van der Waals surface area contributed by atoms with Gasteiger partial charge >= 0.3 is 0 Å². The molecule has 16 N–H and O–H groups in total. The van der Waals surface area contributed by atoms with Gasteiger partial charge < -0.3 is 112 Å². The Labute approximate surface area is 728 Å². The summed E-state index contributed by atoms with van der Waals surface area (Å²) in [6.07, 6.45) is -21.5. The summed E-state index contributed by atoms with van der Waals surface area (Å²) in [6.45, 7) is 7.03. The number of hydrogen-bond donors (Lipinski definition) is 15. The van der Waals surface area contributed by atoms with Gasteiger partial charge in [0.2, 0.25) is 47.5 Å². The number of nitrogens with two attached hydrogens (primary N) is 1. The molecule has 125 heavy (non-hydrogen) atoms. The summed E-state index contributed by atoms with van der Waals surface area (Å²) < 4.78 is 39.6. The Bertz CT molecular complexity index is 5450. The molecule has 18 atom stereocenters. The van der Waals surface area contributed by atoms with Gasteiger partial charge in [-0.1, -0.05) is 97.4 Å². The summed E-state index contributed by atoms with van der Waals surface area (Å²) in [5.41, 5.74) is 5.41. The van der Waals surface area contributed by atoms with Crippen molar-refractivity contribution in [2.24, 2.45) is 23.5 Å². The number of nitrogens with one attached hydrogen (secondary N) is 5. The predicted molar refractivity (Wildman–Crippen MR) is 449 cm³/mol. The summed E-state index contributed by atoms with van der Waals surface area (Å²) in [6, 6.07) is 23.0. The van der Waals surface area contributed by atoms with E-state index in [2.05, 4.69) is 38.4 Å². The largest absolute Gasteiger partial charge is 0.508 e. The molecule has 660 valence electrons. The highest BCUT2D eigenvalue weighted by molar-refractivity contribution is 6.32. The molecule has 0 radical (unpaired) electrons. The number of carbonyl (C=O) groups excluding carboxylic acids is 10. The first-order chi connectivity index (χ1) is 59.5. The number of hydrogen-bond acceptors (Lipinski definition) is 26. The molecule has 2 saturated heterocycles. The number of nitrogens with zero attached hydrogens (tertiary/aromatic N) is 1. The van der Waals surface area contributed by atoms with Crippen LogP contribution in [0.2, 0.25) is 10.0 Å². The first-order valence-electron chi connectivity index (χ1n) is 40.9. The van der Waals surface area contributed by atoms with Crippen LogP contribution in [0, 0.1) is 29.6 Å². The lowest BCUT2D eigenvalue weighted by Crippen LogP contribution is -2.66. The fraction of sp³-hybridized carbons (Fsp3) is 0.407. The molecule has 0 aromatic heterocycles. The minimum absolute atomic E-state index is 0.0590. The van der Waals surface area contributed by atoms with Crippen LogP contribution in [0.5, 0.6) is 46.0 Å². The number of primary amides is 1. The third-order valence-electron chi connectivity index (χ3n) is 23.5. The molecule has 32 nitrogen and oxygen atoms in total. The van der Waals surface area contributed by atoms with Gasteiger partial charge in [0.1, 0.15) is 65.2 Å². The fourth-order valence-electron chi connectivity index (χ4n) is 16.8. The number of anilines is 1. The predicted octanol–water partition coefficient (Wildman–Crippen LogP) is 7.34. The number of amides is 6. The highest BCUT2D eigenvalue weighted by Gasteiger charge is 2.53. The first-order valence-corrected chi connectivity index (χ1v) is 41.7. The third-order valence-corrected chi connectivity index (χ3v) is 24.1. The normalized spacial score (nSPS) is 26.4. The lowest BCUT2D eigenvalue weighted by Gasteiger charge is -2.48. The van der Waals surface area contributed by atoms with Crippen LogP contribution in [0.4, 0.5) is 5.69 Å². The van der Waals surface area contributed by atoms with E-state index in [9.17, 15) is 69.9 Å². The maximum absolute atomic E-state index is 16.4. The number of benzene rings is 7. The molecule has 6 amide bonds. The van der Waals surface area contributed by atoms with Crippen LogP contribution >= 0.6 is 23.2 Å². The van der Waals surface area contributed by atoms with Crippen molar-refractivity contribution in [3.05, 3.63) is 182 Å². The van der Waals surface area contributed by atoms with Gasteiger partial charge in [0, 0.05) is 66.8 Å². The van der Waals surface area contributed by atoms with Crippen molar-refractivity contribution in [2.45, 2.75) is 202 Å². The summed E-state index contributed by atoms with van der Waals surface area (Å²) >= 11 is 14.4. The second-order valence-electron chi connectivity index (χ2n) is 32.9. The standard InChI is InChI=1S/C91H97Cl2N7O25/c1-42(2)27-60(95-6)64(105)36-56-80(112)48-22-25-68(58(92)29-48)121-70-31-51-32-71(84(70)125-90-85(83(115)82(114)72(41-101)123-90)124-76-39-91(5,86(116)44(4)120-76)99-74(110)17-11-12-18-75(111)100-40-50-15-8-7-13-45(50)19-20-46-14-9-10-16-62(46)100)122-69-26-23-49(30-59(69)93)81(113)57-37-67(108)79(98-87(117)53(51)35-65(106)61(38-73(94)109)96-88(56)118)47-21-24-63(104)54(28-47)77-55(33-52(103)34-66(77)107)78(43(3)102)97-89(57)119/h7-10,13-16,21-26,28-34,42,44,53,56-57,60-61,72,76,78-83,85-86,90,95,101,103-104,107,112-116H,11-12,17-18,27,35-41H2,1-6H3,(H2,94,109)(H,96,118)(H,97,119)(H,98,117)(H,99,110)/t44-,53+,56+,57-,60+,61-,72+,76-,78+,79+,80+,81+,82+,83-,85+,86+,90-,91-/m0/s1. The Kier molecular flexibility index (Phi) is 28.2. The van der Waals surface area contributed by atoms with Crippen LogP contribution < -0.4 is 51.4 Å².